The summed E-state index contributed by atoms with van der Waals surface area (Å²) in [5, 5.41) is 7.45. The summed E-state index contributed by atoms with van der Waals surface area (Å²) in [5.74, 6) is 0. The van der Waals surface area contributed by atoms with Crippen LogP contribution in [0, 0.1) is 0 Å². The molecule has 1 N–H and O–H groups in total. The average molecular weight is 447 g/mol. The monoisotopic (exact) mass is 446 g/mol. The molecule has 0 bridgehead atoms. The molecule has 3 aromatic rings. The molecule has 0 atom stereocenters. The van der Waals surface area contributed by atoms with Crippen molar-refractivity contribution in [1.29, 1.82) is 0 Å². The van der Waals surface area contributed by atoms with E-state index in [0.29, 0.717) is 13.1 Å². The van der Waals surface area contributed by atoms with E-state index in [4.69, 9.17) is 0 Å². The van der Waals surface area contributed by atoms with Crippen LogP contribution in [0.2, 0.25) is 0 Å². The molecule has 7 heteroatoms. The van der Waals surface area contributed by atoms with Crippen LogP contribution in [0.15, 0.2) is 73.1 Å². The summed E-state index contributed by atoms with van der Waals surface area (Å²) in [4.78, 5) is 19.2. The first-order valence-electron chi connectivity index (χ1n) is 11.7. The zero-order valence-corrected chi connectivity index (χ0v) is 19.4. The Hall–Kier alpha value is -3.16. The first-order valence-corrected chi connectivity index (χ1v) is 11.7. The topological polar surface area (TPSA) is 56.6 Å². The van der Waals surface area contributed by atoms with Crippen molar-refractivity contribution in [2.75, 3.05) is 46.3 Å². The fourth-order valence-corrected chi connectivity index (χ4v) is 4.15. The number of benzene rings is 2. The van der Waals surface area contributed by atoms with E-state index in [0.717, 1.165) is 56.9 Å². The number of carbonyl (C=O) groups excluding carboxylic acids is 1. The second-order valence-corrected chi connectivity index (χ2v) is 8.67. The van der Waals surface area contributed by atoms with Gasteiger partial charge in [-0.2, -0.15) is 5.10 Å². The SMILES string of the molecule is CN(Cc1cnn(-c2ccccc2)c1)C(=O)NCCCN1CCN(Cc2ccccc2)CC1. The standard InChI is InChI=1S/C26H34N6O/c1-29(20-24-19-28-32(22-24)25-11-6-3-7-12-25)26(33)27-13-8-14-30-15-17-31(18-16-30)21-23-9-4-2-5-10-23/h2-7,9-12,19,22H,8,13-18,20-21H2,1H3,(H,27,33). The fourth-order valence-electron chi connectivity index (χ4n) is 4.15. The molecule has 0 unspecified atom stereocenters. The first-order chi connectivity index (χ1) is 16.2. The zero-order valence-electron chi connectivity index (χ0n) is 19.4. The third-order valence-electron chi connectivity index (χ3n) is 6.06. The lowest BCUT2D eigenvalue weighted by atomic mass is 10.2. The predicted octanol–water partition coefficient (Wildman–Crippen LogP) is 3.22. The molecule has 0 spiro atoms. The summed E-state index contributed by atoms with van der Waals surface area (Å²) in [6.45, 7) is 7.65. The first kappa shape index (κ1) is 23.0. The van der Waals surface area contributed by atoms with Crippen molar-refractivity contribution in [2.45, 2.75) is 19.5 Å². The van der Waals surface area contributed by atoms with Crippen molar-refractivity contribution in [1.82, 2.24) is 29.8 Å². The van der Waals surface area contributed by atoms with Crippen LogP contribution in [0.5, 0.6) is 0 Å². The van der Waals surface area contributed by atoms with Crippen LogP contribution in [0.3, 0.4) is 0 Å². The van der Waals surface area contributed by atoms with Gasteiger partial charge in [-0.1, -0.05) is 48.5 Å². The molecule has 2 aromatic carbocycles. The van der Waals surface area contributed by atoms with Crippen LogP contribution >= 0.6 is 0 Å². The highest BCUT2D eigenvalue weighted by Crippen LogP contribution is 2.10. The largest absolute Gasteiger partial charge is 0.338 e. The summed E-state index contributed by atoms with van der Waals surface area (Å²) >= 11 is 0. The second kappa shape index (κ2) is 11.6. The lowest BCUT2D eigenvalue weighted by Crippen LogP contribution is -2.46. The van der Waals surface area contributed by atoms with Gasteiger partial charge in [0.15, 0.2) is 0 Å². The van der Waals surface area contributed by atoms with Gasteiger partial charge in [0.2, 0.25) is 0 Å². The molecule has 0 radical (unpaired) electrons. The lowest BCUT2D eigenvalue weighted by molar-refractivity contribution is 0.126. The van der Waals surface area contributed by atoms with Gasteiger partial charge in [-0.25, -0.2) is 9.48 Å². The van der Waals surface area contributed by atoms with Crippen molar-refractivity contribution < 1.29 is 4.79 Å². The molecule has 1 fully saturated rings. The number of rotatable bonds is 9. The van der Waals surface area contributed by atoms with E-state index >= 15 is 0 Å². The Morgan fingerprint density at radius 2 is 1.61 bits per heavy atom. The number of nitrogens with one attached hydrogen (secondary N) is 1. The minimum Gasteiger partial charge on any atom is -0.338 e. The normalized spacial score (nSPS) is 14.8. The van der Waals surface area contributed by atoms with Gasteiger partial charge in [-0.3, -0.25) is 4.90 Å². The van der Waals surface area contributed by atoms with Crippen LogP contribution in [-0.4, -0.2) is 76.8 Å². The fraction of sp³-hybridized carbons (Fsp3) is 0.385. The van der Waals surface area contributed by atoms with Crippen molar-refractivity contribution >= 4 is 6.03 Å². The summed E-state index contributed by atoms with van der Waals surface area (Å²) in [6.07, 6.45) is 4.75. The lowest BCUT2D eigenvalue weighted by Gasteiger charge is -2.34. The minimum absolute atomic E-state index is 0.0462. The van der Waals surface area contributed by atoms with Gasteiger partial charge in [-0.15, -0.1) is 0 Å². The van der Waals surface area contributed by atoms with Crippen molar-refractivity contribution in [3.05, 3.63) is 84.2 Å². The zero-order chi connectivity index (χ0) is 22.9. The third kappa shape index (κ3) is 6.91. The van der Waals surface area contributed by atoms with Gasteiger partial charge >= 0.3 is 6.03 Å². The number of hydrogen-bond donors (Lipinski definition) is 1. The van der Waals surface area contributed by atoms with Crippen LogP contribution < -0.4 is 5.32 Å². The molecule has 174 valence electrons. The van der Waals surface area contributed by atoms with Crippen LogP contribution in [0.4, 0.5) is 4.79 Å². The Balaban J connectivity index is 1.11. The highest BCUT2D eigenvalue weighted by Gasteiger charge is 2.17. The van der Waals surface area contributed by atoms with Gasteiger partial charge in [0, 0.05) is 58.1 Å². The van der Waals surface area contributed by atoms with Gasteiger partial charge in [-0.05, 0) is 30.7 Å². The predicted molar refractivity (Wildman–Crippen MR) is 131 cm³/mol. The van der Waals surface area contributed by atoms with Crippen molar-refractivity contribution in [3.8, 4) is 5.69 Å². The number of nitrogens with zero attached hydrogens (tertiary/aromatic N) is 5. The molecule has 1 aliphatic rings. The average Bonchev–Trinajstić information content (AvgIpc) is 3.32. The highest BCUT2D eigenvalue weighted by molar-refractivity contribution is 5.73. The molecule has 33 heavy (non-hydrogen) atoms. The van der Waals surface area contributed by atoms with E-state index < -0.39 is 0 Å². The van der Waals surface area contributed by atoms with Crippen molar-refractivity contribution in [3.63, 3.8) is 0 Å². The molecule has 1 aromatic heterocycles. The molecule has 2 heterocycles. The Bertz CT molecular complexity index is 982. The van der Waals surface area contributed by atoms with Crippen molar-refractivity contribution in [2.24, 2.45) is 0 Å². The summed E-state index contributed by atoms with van der Waals surface area (Å²) in [6, 6.07) is 20.6. The number of para-hydroxylation sites is 1. The van der Waals surface area contributed by atoms with E-state index in [-0.39, 0.29) is 6.03 Å². The molecule has 2 amide bonds. The van der Waals surface area contributed by atoms with E-state index in [1.54, 1.807) is 4.90 Å². The summed E-state index contributed by atoms with van der Waals surface area (Å²) < 4.78 is 1.83. The Labute approximate surface area is 196 Å². The molecule has 7 nitrogen and oxygen atoms in total. The van der Waals surface area contributed by atoms with Gasteiger partial charge in [0.25, 0.3) is 0 Å². The quantitative estimate of drug-likeness (QED) is 0.513. The number of piperazine rings is 1. The number of amides is 2. The molecule has 0 aliphatic carbocycles. The maximum atomic E-state index is 12.5. The minimum atomic E-state index is -0.0462. The van der Waals surface area contributed by atoms with E-state index in [1.807, 2.05) is 54.5 Å². The van der Waals surface area contributed by atoms with E-state index in [9.17, 15) is 4.79 Å². The Kier molecular flexibility index (Phi) is 8.11. The molecular formula is C26H34N6O. The number of hydrogen-bond acceptors (Lipinski definition) is 4. The third-order valence-corrected chi connectivity index (χ3v) is 6.06. The van der Waals surface area contributed by atoms with Crippen LogP contribution in [0.25, 0.3) is 5.69 Å². The maximum absolute atomic E-state index is 12.5. The van der Waals surface area contributed by atoms with Gasteiger partial charge in [0.1, 0.15) is 0 Å². The summed E-state index contributed by atoms with van der Waals surface area (Å²) in [5.41, 5.74) is 3.40. The summed E-state index contributed by atoms with van der Waals surface area (Å²) in [7, 11) is 1.82. The number of carbonyl (C=O) groups is 1. The van der Waals surface area contributed by atoms with Gasteiger partial charge in [0.05, 0.1) is 18.4 Å². The molecule has 0 saturated carbocycles. The second-order valence-electron chi connectivity index (χ2n) is 8.67. The van der Waals surface area contributed by atoms with E-state index in [2.05, 4.69) is 50.5 Å². The number of urea groups is 1. The molecule has 1 aliphatic heterocycles. The van der Waals surface area contributed by atoms with Gasteiger partial charge < -0.3 is 15.1 Å². The van der Waals surface area contributed by atoms with E-state index in [1.165, 1.54) is 5.56 Å². The molecular weight excluding hydrogens is 412 g/mol. The maximum Gasteiger partial charge on any atom is 0.317 e. The molecule has 1 saturated heterocycles. The highest BCUT2D eigenvalue weighted by atomic mass is 16.2. The van der Waals surface area contributed by atoms with Crippen LogP contribution in [0.1, 0.15) is 17.5 Å². The smallest absolute Gasteiger partial charge is 0.317 e. The van der Waals surface area contributed by atoms with Crippen LogP contribution in [-0.2, 0) is 13.1 Å². The molecule has 4 rings (SSSR count). The Morgan fingerprint density at radius 1 is 0.939 bits per heavy atom. The number of aromatic nitrogens is 2. The Morgan fingerprint density at radius 3 is 2.33 bits per heavy atom.